The van der Waals surface area contributed by atoms with Crippen molar-refractivity contribution >= 4 is 17.4 Å². The third-order valence-corrected chi connectivity index (χ3v) is 2.89. The monoisotopic (exact) mass is 291 g/mol. The lowest BCUT2D eigenvalue weighted by Crippen LogP contribution is -2.21. The summed E-state index contributed by atoms with van der Waals surface area (Å²) in [4.78, 5) is 5.43. The molecule has 19 heavy (non-hydrogen) atoms. The van der Waals surface area contributed by atoms with E-state index in [-0.39, 0.29) is 5.82 Å². The second-order valence-electron chi connectivity index (χ2n) is 4.08. The summed E-state index contributed by atoms with van der Waals surface area (Å²) in [5.74, 6) is 0.116. The van der Waals surface area contributed by atoms with E-state index >= 15 is 0 Å². The molecule has 0 aromatic carbocycles. The summed E-state index contributed by atoms with van der Waals surface area (Å²) in [5, 5.41) is 8.32. The molecule has 1 heterocycles. The Morgan fingerprint density at radius 3 is 2.58 bits per heavy atom. The van der Waals surface area contributed by atoms with Gasteiger partial charge in [-0.2, -0.15) is 18.4 Å². The highest BCUT2D eigenvalue weighted by Crippen LogP contribution is 2.36. The van der Waals surface area contributed by atoms with E-state index in [1.807, 2.05) is 6.92 Å². The van der Waals surface area contributed by atoms with Gasteiger partial charge in [-0.05, 0) is 12.5 Å². The molecule has 0 saturated carbocycles. The minimum atomic E-state index is -4.63. The zero-order valence-corrected chi connectivity index (χ0v) is 11.3. The van der Waals surface area contributed by atoms with Gasteiger partial charge < -0.3 is 4.90 Å². The third-order valence-electron chi connectivity index (χ3n) is 2.62. The van der Waals surface area contributed by atoms with E-state index in [1.54, 1.807) is 11.9 Å². The van der Waals surface area contributed by atoms with Crippen molar-refractivity contribution in [3.05, 3.63) is 22.3 Å². The molecule has 0 bridgehead atoms. The molecule has 0 unspecified atom stereocenters. The van der Waals surface area contributed by atoms with Crippen molar-refractivity contribution in [2.45, 2.75) is 25.9 Å². The number of nitriles is 1. The van der Waals surface area contributed by atoms with Gasteiger partial charge in [0.05, 0.1) is 5.56 Å². The molecule has 1 rings (SSSR count). The van der Waals surface area contributed by atoms with Gasteiger partial charge in [0.15, 0.2) is 0 Å². The molecule has 0 fully saturated rings. The second kappa shape index (κ2) is 6.11. The molecule has 7 heteroatoms. The average Bonchev–Trinajstić information content (AvgIpc) is 2.33. The van der Waals surface area contributed by atoms with Crippen molar-refractivity contribution in [2.75, 3.05) is 18.5 Å². The first-order chi connectivity index (χ1) is 8.81. The Kier molecular flexibility index (Phi) is 5.01. The summed E-state index contributed by atoms with van der Waals surface area (Å²) in [6.45, 7) is 2.55. The lowest BCUT2D eigenvalue weighted by Gasteiger charge is -2.20. The van der Waals surface area contributed by atoms with Crippen molar-refractivity contribution in [1.29, 1.82) is 5.26 Å². The maximum atomic E-state index is 12.9. The molecule has 0 aliphatic rings. The van der Waals surface area contributed by atoms with Gasteiger partial charge in [-0.3, -0.25) is 0 Å². The summed E-state index contributed by atoms with van der Waals surface area (Å²) < 4.78 is 38.6. The topological polar surface area (TPSA) is 39.9 Å². The Balaban J connectivity index is 3.24. The van der Waals surface area contributed by atoms with Crippen LogP contribution in [0.2, 0.25) is 5.15 Å². The van der Waals surface area contributed by atoms with Gasteiger partial charge in [-0.25, -0.2) is 4.98 Å². The van der Waals surface area contributed by atoms with Crippen molar-refractivity contribution in [3.63, 3.8) is 0 Å². The van der Waals surface area contributed by atoms with Crippen LogP contribution in [0.15, 0.2) is 6.07 Å². The molecule has 3 nitrogen and oxygen atoms in total. The SMILES string of the molecule is CCCCN(C)c1cc(C(F)(F)F)c(C#N)c(Cl)n1. The molecular weight excluding hydrogens is 279 g/mol. The molecule has 104 valence electrons. The van der Waals surface area contributed by atoms with Crippen LogP contribution in [0.3, 0.4) is 0 Å². The van der Waals surface area contributed by atoms with Crippen molar-refractivity contribution in [2.24, 2.45) is 0 Å². The number of nitrogens with zero attached hydrogens (tertiary/aromatic N) is 3. The summed E-state index contributed by atoms with van der Waals surface area (Å²) in [5.41, 5.74) is -1.69. The Morgan fingerprint density at radius 1 is 1.47 bits per heavy atom. The highest BCUT2D eigenvalue weighted by atomic mass is 35.5. The molecule has 1 aromatic rings. The Bertz CT molecular complexity index is 494. The fourth-order valence-corrected chi connectivity index (χ4v) is 1.77. The summed E-state index contributed by atoms with van der Waals surface area (Å²) >= 11 is 5.66. The van der Waals surface area contributed by atoms with Gasteiger partial charge in [-0.15, -0.1) is 0 Å². The molecule has 1 aromatic heterocycles. The van der Waals surface area contributed by atoms with E-state index < -0.39 is 22.5 Å². The fourth-order valence-electron chi connectivity index (χ4n) is 1.54. The first-order valence-electron chi connectivity index (χ1n) is 5.70. The van der Waals surface area contributed by atoms with Crippen LogP contribution in [0.1, 0.15) is 30.9 Å². The number of alkyl halides is 3. The van der Waals surface area contributed by atoms with Crippen LogP contribution in [0, 0.1) is 11.3 Å². The zero-order chi connectivity index (χ0) is 14.6. The predicted molar refractivity (Wildman–Crippen MR) is 67.1 cm³/mol. The fraction of sp³-hybridized carbons (Fsp3) is 0.500. The quantitative estimate of drug-likeness (QED) is 0.791. The van der Waals surface area contributed by atoms with Crippen LogP contribution >= 0.6 is 11.6 Å². The van der Waals surface area contributed by atoms with Crippen molar-refractivity contribution in [3.8, 4) is 6.07 Å². The molecule has 0 atom stereocenters. The number of halogens is 4. The van der Waals surface area contributed by atoms with Crippen LogP contribution in [0.25, 0.3) is 0 Å². The van der Waals surface area contributed by atoms with Crippen molar-refractivity contribution < 1.29 is 13.2 Å². The van der Waals surface area contributed by atoms with Crippen LogP contribution in [-0.4, -0.2) is 18.6 Å². The predicted octanol–water partition coefficient (Wildman–Crippen LogP) is 3.86. The van der Waals surface area contributed by atoms with E-state index in [2.05, 4.69) is 4.98 Å². The first-order valence-corrected chi connectivity index (χ1v) is 6.08. The molecule has 0 aliphatic carbocycles. The van der Waals surface area contributed by atoms with Gasteiger partial charge in [0.25, 0.3) is 0 Å². The maximum absolute atomic E-state index is 12.9. The van der Waals surface area contributed by atoms with E-state index in [1.165, 1.54) is 6.07 Å². The Hall–Kier alpha value is -1.48. The molecule has 0 amide bonds. The number of aromatic nitrogens is 1. The lowest BCUT2D eigenvalue weighted by atomic mass is 10.1. The number of anilines is 1. The van der Waals surface area contributed by atoms with E-state index in [0.29, 0.717) is 6.54 Å². The summed E-state index contributed by atoms with van der Waals surface area (Å²) in [6, 6.07) is 2.31. The lowest BCUT2D eigenvalue weighted by molar-refractivity contribution is -0.137. The number of hydrogen-bond acceptors (Lipinski definition) is 3. The minimum Gasteiger partial charge on any atom is -0.360 e. The molecule has 0 N–H and O–H groups in total. The number of hydrogen-bond donors (Lipinski definition) is 0. The summed E-state index contributed by atoms with van der Waals surface area (Å²) in [6.07, 6.45) is -2.88. The number of rotatable bonds is 4. The molecule has 0 saturated heterocycles. The van der Waals surface area contributed by atoms with Gasteiger partial charge >= 0.3 is 6.18 Å². The van der Waals surface area contributed by atoms with E-state index in [4.69, 9.17) is 16.9 Å². The molecule has 0 spiro atoms. The van der Waals surface area contributed by atoms with Gasteiger partial charge in [0.2, 0.25) is 0 Å². The highest BCUT2D eigenvalue weighted by molar-refractivity contribution is 6.30. The van der Waals surface area contributed by atoms with E-state index in [0.717, 1.165) is 18.9 Å². The van der Waals surface area contributed by atoms with Gasteiger partial charge in [0, 0.05) is 13.6 Å². The molecule has 0 radical (unpaired) electrons. The van der Waals surface area contributed by atoms with Crippen LogP contribution in [-0.2, 0) is 6.18 Å². The van der Waals surface area contributed by atoms with Gasteiger partial charge in [-0.1, -0.05) is 24.9 Å². The summed E-state index contributed by atoms with van der Waals surface area (Å²) in [7, 11) is 1.64. The smallest absolute Gasteiger partial charge is 0.360 e. The second-order valence-corrected chi connectivity index (χ2v) is 4.44. The zero-order valence-electron chi connectivity index (χ0n) is 10.6. The van der Waals surface area contributed by atoms with Crippen LogP contribution < -0.4 is 4.90 Å². The maximum Gasteiger partial charge on any atom is 0.417 e. The van der Waals surface area contributed by atoms with E-state index in [9.17, 15) is 13.2 Å². The molecule has 0 aliphatic heterocycles. The normalized spacial score (nSPS) is 11.2. The average molecular weight is 292 g/mol. The van der Waals surface area contributed by atoms with Crippen LogP contribution in [0.5, 0.6) is 0 Å². The standard InChI is InChI=1S/C12H13ClF3N3/c1-3-4-5-19(2)10-6-9(12(14,15)16)8(7-17)11(13)18-10/h6H,3-5H2,1-2H3. The largest absolute Gasteiger partial charge is 0.417 e. The number of unbranched alkanes of at least 4 members (excludes halogenated alkanes) is 1. The third kappa shape index (κ3) is 3.74. The Morgan fingerprint density at radius 2 is 2.11 bits per heavy atom. The van der Waals surface area contributed by atoms with Crippen molar-refractivity contribution in [1.82, 2.24) is 4.98 Å². The molecular formula is C12H13ClF3N3. The minimum absolute atomic E-state index is 0.116. The van der Waals surface area contributed by atoms with Crippen LogP contribution in [0.4, 0.5) is 19.0 Å². The first kappa shape index (κ1) is 15.6. The number of pyridine rings is 1. The van der Waals surface area contributed by atoms with Gasteiger partial charge in [0.1, 0.15) is 22.6 Å². The Labute approximate surface area is 114 Å². The highest BCUT2D eigenvalue weighted by Gasteiger charge is 2.36.